The van der Waals surface area contributed by atoms with Crippen molar-refractivity contribution >= 4 is 35.3 Å². The molecule has 0 fully saturated rings. The van der Waals surface area contributed by atoms with Crippen LogP contribution in [0.1, 0.15) is 86.8 Å². The molecule has 0 atom stereocenters. The minimum Gasteiger partial charge on any atom is -0.478 e. The summed E-state index contributed by atoms with van der Waals surface area (Å²) in [4.78, 5) is 26.5. The van der Waals surface area contributed by atoms with Crippen LogP contribution in [0, 0.1) is 17.8 Å². The van der Waals surface area contributed by atoms with Crippen molar-refractivity contribution in [1.29, 1.82) is 0 Å². The van der Waals surface area contributed by atoms with Gasteiger partial charge in [0.1, 0.15) is 0 Å². The SMILES string of the molecule is CCC1=C(N(c2ccc(C(=O)O)cc2)c2oc(C(=O)O)cc2C)SC2=C(C1)C(C)(C)CCC2(C)C. The van der Waals surface area contributed by atoms with Crippen LogP contribution >= 0.6 is 11.8 Å². The smallest absolute Gasteiger partial charge is 0.371 e. The van der Waals surface area contributed by atoms with Gasteiger partial charge in [0.15, 0.2) is 0 Å². The van der Waals surface area contributed by atoms with Crippen LogP contribution in [0.4, 0.5) is 11.6 Å². The van der Waals surface area contributed by atoms with Crippen LogP contribution in [-0.2, 0) is 0 Å². The largest absolute Gasteiger partial charge is 0.478 e. The highest BCUT2D eigenvalue weighted by molar-refractivity contribution is 8.07. The summed E-state index contributed by atoms with van der Waals surface area (Å²) in [7, 11) is 0. The molecule has 0 unspecified atom stereocenters. The third-order valence-electron chi connectivity index (χ3n) is 7.28. The highest BCUT2D eigenvalue weighted by atomic mass is 32.2. The summed E-state index contributed by atoms with van der Waals surface area (Å²) in [5, 5.41) is 20.0. The molecule has 1 aliphatic carbocycles. The second kappa shape index (κ2) is 8.94. The van der Waals surface area contributed by atoms with Gasteiger partial charge in [0.2, 0.25) is 11.6 Å². The summed E-state index contributed by atoms with van der Waals surface area (Å²) in [5.41, 5.74) is 4.53. The van der Waals surface area contributed by atoms with Gasteiger partial charge in [-0.1, -0.05) is 46.4 Å². The minimum absolute atomic E-state index is 0.0311. The Kier molecular flexibility index (Phi) is 6.43. The zero-order chi connectivity index (χ0) is 25.7. The number of hydrogen-bond acceptors (Lipinski definition) is 5. The van der Waals surface area contributed by atoms with Crippen LogP contribution in [0.15, 0.2) is 55.8 Å². The fourth-order valence-electron chi connectivity index (χ4n) is 4.94. The molecule has 0 radical (unpaired) electrons. The molecule has 1 aliphatic heterocycles. The molecule has 186 valence electrons. The van der Waals surface area contributed by atoms with Gasteiger partial charge in [0.25, 0.3) is 0 Å². The molecular formula is C28H33NO5S. The summed E-state index contributed by atoms with van der Waals surface area (Å²) in [5.74, 6) is -1.80. The standard InChI is InChI=1S/C28H33NO5S/c1-7-17-15-20-22(28(5,6)13-12-27(20,3)4)35-24(17)29(19-10-8-18(9-11-19)25(30)31)23-16(2)14-21(34-23)26(32)33/h8-11,14H,7,12-13,15H2,1-6H3,(H,30,31)(H,32,33). The van der Waals surface area contributed by atoms with Gasteiger partial charge in [-0.05, 0) is 89.8 Å². The third-order valence-corrected chi connectivity index (χ3v) is 8.95. The monoisotopic (exact) mass is 495 g/mol. The Bertz CT molecular complexity index is 1250. The molecule has 0 saturated carbocycles. The van der Waals surface area contributed by atoms with Crippen LogP contribution < -0.4 is 4.90 Å². The second-order valence-corrected chi connectivity index (χ2v) is 11.7. The van der Waals surface area contributed by atoms with Gasteiger partial charge >= 0.3 is 11.9 Å². The molecule has 2 aliphatic rings. The van der Waals surface area contributed by atoms with Crippen LogP contribution in [-0.4, -0.2) is 22.2 Å². The Morgan fingerprint density at radius 2 is 1.66 bits per heavy atom. The summed E-state index contributed by atoms with van der Waals surface area (Å²) >= 11 is 1.75. The quantitative estimate of drug-likeness (QED) is 0.420. The maximum atomic E-state index is 11.7. The van der Waals surface area contributed by atoms with Crippen molar-refractivity contribution < 1.29 is 24.2 Å². The van der Waals surface area contributed by atoms with Crippen molar-refractivity contribution in [3.8, 4) is 0 Å². The molecule has 7 heteroatoms. The Balaban J connectivity index is 1.91. The molecule has 6 nitrogen and oxygen atoms in total. The van der Waals surface area contributed by atoms with E-state index in [-0.39, 0.29) is 22.2 Å². The van der Waals surface area contributed by atoms with Crippen molar-refractivity contribution in [3.63, 3.8) is 0 Å². The van der Waals surface area contributed by atoms with E-state index in [0.29, 0.717) is 11.4 Å². The van der Waals surface area contributed by atoms with E-state index in [1.165, 1.54) is 22.1 Å². The topological polar surface area (TPSA) is 91.0 Å². The first-order valence-corrected chi connectivity index (χ1v) is 12.8. The Morgan fingerprint density at radius 3 is 2.20 bits per heavy atom. The Labute approximate surface area is 210 Å². The summed E-state index contributed by atoms with van der Waals surface area (Å²) in [6, 6.07) is 8.19. The van der Waals surface area contributed by atoms with Crippen LogP contribution in [0.5, 0.6) is 0 Å². The molecule has 0 bridgehead atoms. The molecule has 0 amide bonds. The molecule has 2 heterocycles. The summed E-state index contributed by atoms with van der Waals surface area (Å²) < 4.78 is 5.89. The predicted octanol–water partition coefficient (Wildman–Crippen LogP) is 7.98. The number of rotatable bonds is 6. The zero-order valence-corrected chi connectivity index (χ0v) is 22.0. The van der Waals surface area contributed by atoms with Gasteiger partial charge in [-0.2, -0.15) is 0 Å². The molecule has 4 rings (SSSR count). The number of hydrogen-bond donors (Lipinski definition) is 2. The zero-order valence-electron chi connectivity index (χ0n) is 21.2. The maximum Gasteiger partial charge on any atom is 0.371 e. The molecule has 2 aromatic rings. The van der Waals surface area contributed by atoms with E-state index >= 15 is 0 Å². The van der Waals surface area contributed by atoms with E-state index < -0.39 is 11.9 Å². The van der Waals surface area contributed by atoms with Gasteiger partial charge in [-0.25, -0.2) is 9.59 Å². The highest BCUT2D eigenvalue weighted by Crippen LogP contribution is 2.60. The number of aromatic carboxylic acids is 2. The molecule has 0 saturated heterocycles. The highest BCUT2D eigenvalue weighted by Gasteiger charge is 2.43. The van der Waals surface area contributed by atoms with E-state index in [2.05, 4.69) is 34.6 Å². The number of nitrogens with zero attached hydrogens (tertiary/aromatic N) is 1. The van der Waals surface area contributed by atoms with E-state index in [0.717, 1.165) is 36.4 Å². The van der Waals surface area contributed by atoms with Crippen LogP contribution in [0.3, 0.4) is 0 Å². The van der Waals surface area contributed by atoms with Gasteiger partial charge < -0.3 is 14.6 Å². The molecule has 0 spiro atoms. The first kappa shape index (κ1) is 25.2. The Hall–Kier alpha value is -2.93. The number of anilines is 2. The lowest BCUT2D eigenvalue weighted by molar-refractivity contribution is 0.0660. The van der Waals surface area contributed by atoms with Crippen LogP contribution in [0.2, 0.25) is 0 Å². The number of carbonyl (C=O) groups is 2. The predicted molar refractivity (Wildman–Crippen MR) is 139 cm³/mol. The lowest BCUT2D eigenvalue weighted by Gasteiger charge is -2.47. The fraction of sp³-hybridized carbons (Fsp3) is 0.429. The Morgan fingerprint density at radius 1 is 1.03 bits per heavy atom. The third kappa shape index (κ3) is 4.54. The van der Waals surface area contributed by atoms with Crippen LogP contribution in [0.25, 0.3) is 0 Å². The number of carboxylic acids is 2. The molecule has 35 heavy (non-hydrogen) atoms. The van der Waals surface area contributed by atoms with E-state index in [9.17, 15) is 19.8 Å². The van der Waals surface area contributed by atoms with Crippen molar-refractivity contribution in [3.05, 3.63) is 68.3 Å². The first-order chi connectivity index (χ1) is 16.4. The van der Waals surface area contributed by atoms with Gasteiger partial charge in [0, 0.05) is 11.3 Å². The number of thioether (sulfide) groups is 1. The molecule has 1 aromatic carbocycles. The molecule has 2 N–H and O–H groups in total. The maximum absolute atomic E-state index is 11.7. The van der Waals surface area contributed by atoms with E-state index in [1.54, 1.807) is 36.0 Å². The van der Waals surface area contributed by atoms with Crippen molar-refractivity contribution in [2.75, 3.05) is 4.90 Å². The van der Waals surface area contributed by atoms with Gasteiger partial charge in [-0.3, -0.25) is 4.90 Å². The van der Waals surface area contributed by atoms with Crippen molar-refractivity contribution in [2.45, 2.75) is 67.2 Å². The average Bonchev–Trinajstić information content (AvgIpc) is 3.19. The number of furan rings is 1. The number of allylic oxidation sites excluding steroid dienone is 3. The number of aryl methyl sites for hydroxylation is 1. The number of benzene rings is 1. The van der Waals surface area contributed by atoms with Gasteiger partial charge in [-0.15, -0.1) is 0 Å². The summed E-state index contributed by atoms with van der Waals surface area (Å²) in [6.45, 7) is 13.2. The summed E-state index contributed by atoms with van der Waals surface area (Å²) in [6.07, 6.45) is 3.94. The van der Waals surface area contributed by atoms with E-state index in [4.69, 9.17) is 4.42 Å². The normalized spacial score (nSPS) is 18.9. The average molecular weight is 496 g/mol. The minimum atomic E-state index is -1.12. The van der Waals surface area contributed by atoms with Gasteiger partial charge in [0.05, 0.1) is 10.6 Å². The first-order valence-electron chi connectivity index (χ1n) is 12.0. The van der Waals surface area contributed by atoms with Crippen molar-refractivity contribution in [1.82, 2.24) is 0 Å². The van der Waals surface area contributed by atoms with E-state index in [1.807, 2.05) is 11.8 Å². The lowest BCUT2D eigenvalue weighted by Crippen LogP contribution is -2.33. The molecule has 1 aromatic heterocycles. The fourth-order valence-corrected chi connectivity index (χ4v) is 6.63. The second-order valence-electron chi connectivity index (χ2n) is 10.7. The number of carboxylic acid groups (broad SMARTS) is 2. The molecular weight excluding hydrogens is 462 g/mol. The lowest BCUT2D eigenvalue weighted by atomic mass is 9.66. The van der Waals surface area contributed by atoms with Crippen molar-refractivity contribution in [2.24, 2.45) is 10.8 Å².